The van der Waals surface area contributed by atoms with Gasteiger partial charge in [0.05, 0.1) is 10.7 Å². The van der Waals surface area contributed by atoms with Gasteiger partial charge in [0, 0.05) is 29.7 Å². The fraction of sp³-hybridized carbons (Fsp3) is 0.133. The van der Waals surface area contributed by atoms with E-state index in [4.69, 9.17) is 23.2 Å². The summed E-state index contributed by atoms with van der Waals surface area (Å²) in [6.07, 6.45) is 0. The first-order valence-electron chi connectivity index (χ1n) is 6.21. The van der Waals surface area contributed by atoms with Crippen molar-refractivity contribution in [1.82, 2.24) is 5.32 Å². The number of hydrogen-bond donors (Lipinski definition) is 2. The summed E-state index contributed by atoms with van der Waals surface area (Å²) in [6, 6.07) is 9.33. The number of halogens is 3. The SMILES string of the molecule is CNC(=O)c1ccc(Cl)c(NCc2c(F)cccc2Cl)c1. The monoisotopic (exact) mass is 326 g/mol. The Labute approximate surface area is 132 Å². The van der Waals surface area contributed by atoms with Gasteiger partial charge in [0.1, 0.15) is 5.82 Å². The van der Waals surface area contributed by atoms with Crippen LogP contribution in [0.25, 0.3) is 0 Å². The lowest BCUT2D eigenvalue weighted by molar-refractivity contribution is 0.0963. The number of rotatable bonds is 4. The molecular weight excluding hydrogens is 314 g/mol. The third kappa shape index (κ3) is 3.65. The minimum atomic E-state index is -0.395. The average Bonchev–Trinajstić information content (AvgIpc) is 2.47. The predicted molar refractivity (Wildman–Crippen MR) is 83.6 cm³/mol. The summed E-state index contributed by atoms with van der Waals surface area (Å²) in [7, 11) is 1.54. The quantitative estimate of drug-likeness (QED) is 0.887. The van der Waals surface area contributed by atoms with Gasteiger partial charge in [-0.1, -0.05) is 29.3 Å². The van der Waals surface area contributed by atoms with Crippen molar-refractivity contribution in [2.75, 3.05) is 12.4 Å². The van der Waals surface area contributed by atoms with Crippen molar-refractivity contribution >= 4 is 34.8 Å². The standard InChI is InChI=1S/C15H13Cl2FN2O/c1-19-15(21)9-5-6-12(17)14(7-9)20-8-10-11(16)3-2-4-13(10)18/h2-7,20H,8H2,1H3,(H,19,21). The predicted octanol–water partition coefficient (Wildman–Crippen LogP) is 4.10. The first kappa shape index (κ1) is 15.6. The highest BCUT2D eigenvalue weighted by Crippen LogP contribution is 2.25. The maximum atomic E-state index is 13.7. The zero-order valence-corrected chi connectivity index (χ0v) is 12.7. The maximum absolute atomic E-state index is 13.7. The van der Waals surface area contributed by atoms with Gasteiger partial charge in [-0.3, -0.25) is 4.79 Å². The molecule has 6 heteroatoms. The Morgan fingerprint density at radius 3 is 2.62 bits per heavy atom. The van der Waals surface area contributed by atoms with E-state index in [1.54, 1.807) is 37.4 Å². The molecule has 2 rings (SSSR count). The van der Waals surface area contributed by atoms with Crippen LogP contribution in [-0.4, -0.2) is 13.0 Å². The van der Waals surface area contributed by atoms with Gasteiger partial charge in [0.15, 0.2) is 0 Å². The van der Waals surface area contributed by atoms with Crippen LogP contribution in [0.4, 0.5) is 10.1 Å². The second-order valence-corrected chi connectivity index (χ2v) is 5.14. The van der Waals surface area contributed by atoms with Gasteiger partial charge < -0.3 is 10.6 Å². The molecule has 0 aliphatic carbocycles. The van der Waals surface area contributed by atoms with Crippen molar-refractivity contribution in [3.63, 3.8) is 0 Å². The Hall–Kier alpha value is -1.78. The summed E-state index contributed by atoms with van der Waals surface area (Å²) in [4.78, 5) is 11.6. The molecule has 0 spiro atoms. The van der Waals surface area contributed by atoms with Gasteiger partial charge in [-0.05, 0) is 30.3 Å². The first-order chi connectivity index (χ1) is 10.0. The lowest BCUT2D eigenvalue weighted by Crippen LogP contribution is -2.18. The van der Waals surface area contributed by atoms with E-state index in [2.05, 4.69) is 10.6 Å². The Kier molecular flexibility index (Phi) is 5.04. The zero-order valence-electron chi connectivity index (χ0n) is 11.2. The minimum Gasteiger partial charge on any atom is -0.380 e. The molecule has 1 amide bonds. The molecule has 0 saturated carbocycles. The third-order valence-electron chi connectivity index (χ3n) is 2.97. The van der Waals surface area contributed by atoms with Crippen molar-refractivity contribution in [3.05, 3.63) is 63.4 Å². The lowest BCUT2D eigenvalue weighted by Gasteiger charge is -2.11. The van der Waals surface area contributed by atoms with Crippen LogP contribution >= 0.6 is 23.2 Å². The number of amides is 1. The topological polar surface area (TPSA) is 41.1 Å². The number of nitrogens with one attached hydrogen (secondary N) is 2. The van der Waals surface area contributed by atoms with Crippen LogP contribution in [0.1, 0.15) is 15.9 Å². The largest absolute Gasteiger partial charge is 0.380 e. The molecule has 0 atom stereocenters. The molecule has 2 aromatic rings. The Bertz CT molecular complexity index is 656. The summed E-state index contributed by atoms with van der Waals surface area (Å²) >= 11 is 12.0. The van der Waals surface area contributed by atoms with E-state index >= 15 is 0 Å². The number of carbonyl (C=O) groups excluding carboxylic acids is 1. The van der Waals surface area contributed by atoms with Crippen molar-refractivity contribution in [1.29, 1.82) is 0 Å². The molecule has 21 heavy (non-hydrogen) atoms. The van der Waals surface area contributed by atoms with Crippen LogP contribution in [0.3, 0.4) is 0 Å². The summed E-state index contributed by atoms with van der Waals surface area (Å²) in [5.41, 5.74) is 1.35. The minimum absolute atomic E-state index is 0.169. The Morgan fingerprint density at radius 2 is 1.95 bits per heavy atom. The molecule has 0 radical (unpaired) electrons. The smallest absolute Gasteiger partial charge is 0.251 e. The number of carbonyl (C=O) groups is 1. The van der Waals surface area contributed by atoms with Gasteiger partial charge in [-0.15, -0.1) is 0 Å². The van der Waals surface area contributed by atoms with Crippen molar-refractivity contribution in [3.8, 4) is 0 Å². The zero-order chi connectivity index (χ0) is 15.4. The molecule has 0 bridgehead atoms. The summed E-state index contributed by atoms with van der Waals surface area (Å²) in [6.45, 7) is 0.169. The van der Waals surface area contributed by atoms with Crippen LogP contribution in [0.5, 0.6) is 0 Å². The molecule has 3 nitrogen and oxygen atoms in total. The van der Waals surface area contributed by atoms with E-state index in [0.717, 1.165) is 0 Å². The molecule has 2 aromatic carbocycles. The number of benzene rings is 2. The molecule has 0 unspecified atom stereocenters. The fourth-order valence-corrected chi connectivity index (χ4v) is 2.25. The number of anilines is 1. The van der Waals surface area contributed by atoms with E-state index in [-0.39, 0.29) is 12.5 Å². The van der Waals surface area contributed by atoms with Gasteiger partial charge in [0.2, 0.25) is 0 Å². The highest BCUT2D eigenvalue weighted by atomic mass is 35.5. The molecule has 0 aromatic heterocycles. The van der Waals surface area contributed by atoms with E-state index in [9.17, 15) is 9.18 Å². The molecule has 0 aliphatic rings. The fourth-order valence-electron chi connectivity index (χ4n) is 1.83. The highest BCUT2D eigenvalue weighted by Gasteiger charge is 2.10. The van der Waals surface area contributed by atoms with Crippen LogP contribution < -0.4 is 10.6 Å². The Balaban J connectivity index is 2.22. The van der Waals surface area contributed by atoms with Gasteiger partial charge >= 0.3 is 0 Å². The molecule has 0 heterocycles. The first-order valence-corrected chi connectivity index (χ1v) is 6.97. The van der Waals surface area contributed by atoms with Crippen LogP contribution in [-0.2, 0) is 6.54 Å². The number of hydrogen-bond acceptors (Lipinski definition) is 2. The maximum Gasteiger partial charge on any atom is 0.251 e. The molecule has 110 valence electrons. The second-order valence-electron chi connectivity index (χ2n) is 4.33. The van der Waals surface area contributed by atoms with E-state index in [1.165, 1.54) is 6.07 Å². The molecule has 0 fully saturated rings. The van der Waals surface area contributed by atoms with E-state index < -0.39 is 5.82 Å². The average molecular weight is 327 g/mol. The summed E-state index contributed by atoms with van der Waals surface area (Å²) in [5, 5.41) is 6.30. The van der Waals surface area contributed by atoms with E-state index in [1.807, 2.05) is 0 Å². The van der Waals surface area contributed by atoms with Crippen LogP contribution in [0.2, 0.25) is 10.0 Å². The summed E-state index contributed by atoms with van der Waals surface area (Å²) < 4.78 is 13.7. The molecule has 0 saturated heterocycles. The molecule has 2 N–H and O–H groups in total. The van der Waals surface area contributed by atoms with Gasteiger partial charge in [0.25, 0.3) is 5.91 Å². The van der Waals surface area contributed by atoms with Crippen LogP contribution in [0, 0.1) is 5.82 Å². The van der Waals surface area contributed by atoms with Crippen molar-refractivity contribution < 1.29 is 9.18 Å². The Morgan fingerprint density at radius 1 is 1.19 bits per heavy atom. The van der Waals surface area contributed by atoms with E-state index in [0.29, 0.717) is 26.9 Å². The van der Waals surface area contributed by atoms with Crippen LogP contribution in [0.15, 0.2) is 36.4 Å². The van der Waals surface area contributed by atoms with Crippen molar-refractivity contribution in [2.24, 2.45) is 0 Å². The second kappa shape index (κ2) is 6.78. The lowest BCUT2D eigenvalue weighted by atomic mass is 10.1. The molecule has 0 aliphatic heterocycles. The highest BCUT2D eigenvalue weighted by molar-refractivity contribution is 6.33. The normalized spacial score (nSPS) is 10.3. The van der Waals surface area contributed by atoms with Gasteiger partial charge in [-0.2, -0.15) is 0 Å². The third-order valence-corrected chi connectivity index (χ3v) is 3.66. The van der Waals surface area contributed by atoms with Gasteiger partial charge in [-0.25, -0.2) is 4.39 Å². The molecular formula is C15H13Cl2FN2O. The van der Waals surface area contributed by atoms with Crippen molar-refractivity contribution in [2.45, 2.75) is 6.54 Å². The summed E-state index contributed by atoms with van der Waals surface area (Å²) in [5.74, 6) is -0.618.